The van der Waals surface area contributed by atoms with E-state index < -0.39 is 0 Å². The van der Waals surface area contributed by atoms with Gasteiger partial charge in [0.2, 0.25) is 0 Å². The van der Waals surface area contributed by atoms with Crippen LogP contribution < -0.4 is 5.32 Å². The summed E-state index contributed by atoms with van der Waals surface area (Å²) in [6, 6.07) is 7.03. The Bertz CT molecular complexity index is 454. The van der Waals surface area contributed by atoms with Crippen molar-refractivity contribution in [2.75, 3.05) is 5.32 Å². The zero-order chi connectivity index (χ0) is 12.8. The minimum atomic E-state index is -0.115. The normalized spacial score (nSPS) is 10.9. The van der Waals surface area contributed by atoms with Crippen LogP contribution in [0.5, 0.6) is 0 Å². The molecule has 17 heavy (non-hydrogen) atoms. The Labute approximate surface area is 107 Å². The second-order valence-corrected chi connectivity index (χ2v) is 4.36. The van der Waals surface area contributed by atoms with Gasteiger partial charge in [-0.3, -0.25) is 4.79 Å². The van der Waals surface area contributed by atoms with Gasteiger partial charge in [-0.05, 0) is 45.0 Å². The lowest BCUT2D eigenvalue weighted by Gasteiger charge is -2.06. The molecule has 0 unspecified atom stereocenters. The number of benzene rings is 1. The number of rotatable bonds is 3. The summed E-state index contributed by atoms with van der Waals surface area (Å²) < 4.78 is 0. The van der Waals surface area contributed by atoms with E-state index in [-0.39, 0.29) is 5.91 Å². The first-order chi connectivity index (χ1) is 8.02. The van der Waals surface area contributed by atoms with Crippen LogP contribution in [0, 0.1) is 0 Å². The SMILES string of the molecule is C/C=C(\C=C(C)C)C(=O)Nc1ccc(Cl)cc1. The Hall–Kier alpha value is -1.54. The highest BCUT2D eigenvalue weighted by atomic mass is 35.5. The van der Waals surface area contributed by atoms with Crippen molar-refractivity contribution in [1.82, 2.24) is 0 Å². The van der Waals surface area contributed by atoms with Crippen LogP contribution in [0.25, 0.3) is 0 Å². The molecule has 0 saturated carbocycles. The Morgan fingerprint density at radius 3 is 2.29 bits per heavy atom. The number of hydrogen-bond acceptors (Lipinski definition) is 1. The van der Waals surface area contributed by atoms with Crippen molar-refractivity contribution >= 4 is 23.2 Å². The maximum absolute atomic E-state index is 11.9. The molecule has 0 aliphatic rings. The van der Waals surface area contributed by atoms with Crippen molar-refractivity contribution in [3.05, 3.63) is 52.6 Å². The van der Waals surface area contributed by atoms with Gasteiger partial charge < -0.3 is 5.32 Å². The van der Waals surface area contributed by atoms with Crippen molar-refractivity contribution in [2.24, 2.45) is 0 Å². The molecule has 2 nitrogen and oxygen atoms in total. The third-order valence-electron chi connectivity index (χ3n) is 2.12. The van der Waals surface area contributed by atoms with Gasteiger partial charge in [0.25, 0.3) is 5.91 Å². The van der Waals surface area contributed by atoms with Gasteiger partial charge in [-0.25, -0.2) is 0 Å². The zero-order valence-electron chi connectivity index (χ0n) is 10.3. The highest BCUT2D eigenvalue weighted by Gasteiger charge is 2.05. The Balaban J connectivity index is 2.78. The highest BCUT2D eigenvalue weighted by Crippen LogP contribution is 2.14. The average molecular weight is 250 g/mol. The minimum Gasteiger partial charge on any atom is -0.322 e. The lowest BCUT2D eigenvalue weighted by Crippen LogP contribution is -2.13. The number of carbonyl (C=O) groups excluding carboxylic acids is 1. The summed E-state index contributed by atoms with van der Waals surface area (Å²) in [5.41, 5.74) is 2.48. The van der Waals surface area contributed by atoms with Crippen LogP contribution in [0.3, 0.4) is 0 Å². The van der Waals surface area contributed by atoms with Gasteiger partial charge in [0.1, 0.15) is 0 Å². The first-order valence-electron chi connectivity index (χ1n) is 5.41. The fourth-order valence-electron chi connectivity index (χ4n) is 1.33. The Kier molecular flexibility index (Phi) is 4.98. The quantitative estimate of drug-likeness (QED) is 0.632. The summed E-state index contributed by atoms with van der Waals surface area (Å²) in [6.45, 7) is 5.76. The van der Waals surface area contributed by atoms with Gasteiger partial charge in [0.15, 0.2) is 0 Å². The second kappa shape index (κ2) is 6.26. The molecular weight excluding hydrogens is 234 g/mol. The van der Waals surface area contributed by atoms with E-state index in [0.717, 1.165) is 11.3 Å². The van der Waals surface area contributed by atoms with Crippen molar-refractivity contribution in [2.45, 2.75) is 20.8 Å². The molecule has 1 rings (SSSR count). The molecule has 0 fully saturated rings. The van der Waals surface area contributed by atoms with Crippen LogP contribution in [-0.4, -0.2) is 5.91 Å². The summed E-state index contributed by atoms with van der Waals surface area (Å²) in [4.78, 5) is 11.9. The largest absolute Gasteiger partial charge is 0.322 e. The Morgan fingerprint density at radius 1 is 1.24 bits per heavy atom. The number of anilines is 1. The first-order valence-corrected chi connectivity index (χ1v) is 5.79. The average Bonchev–Trinajstić information content (AvgIpc) is 2.28. The molecule has 0 aliphatic carbocycles. The van der Waals surface area contributed by atoms with Gasteiger partial charge in [-0.2, -0.15) is 0 Å². The molecular formula is C14H16ClNO. The number of halogens is 1. The molecule has 1 amide bonds. The van der Waals surface area contributed by atoms with Crippen LogP contribution in [-0.2, 0) is 4.79 Å². The predicted molar refractivity (Wildman–Crippen MR) is 73.3 cm³/mol. The van der Waals surface area contributed by atoms with Crippen molar-refractivity contribution < 1.29 is 4.79 Å². The molecule has 0 aliphatic heterocycles. The van der Waals surface area contributed by atoms with E-state index in [1.807, 2.05) is 26.8 Å². The van der Waals surface area contributed by atoms with Gasteiger partial charge >= 0.3 is 0 Å². The van der Waals surface area contributed by atoms with Crippen LogP contribution in [0.15, 0.2) is 47.6 Å². The molecule has 90 valence electrons. The lowest BCUT2D eigenvalue weighted by molar-refractivity contribution is -0.112. The number of amides is 1. The lowest BCUT2D eigenvalue weighted by atomic mass is 10.1. The van der Waals surface area contributed by atoms with E-state index in [1.54, 1.807) is 30.3 Å². The third kappa shape index (κ3) is 4.45. The van der Waals surface area contributed by atoms with E-state index in [9.17, 15) is 4.79 Å². The van der Waals surface area contributed by atoms with Gasteiger partial charge in [0, 0.05) is 16.3 Å². The van der Waals surface area contributed by atoms with Gasteiger partial charge in [-0.1, -0.05) is 29.3 Å². The molecule has 0 heterocycles. The number of nitrogens with one attached hydrogen (secondary N) is 1. The predicted octanol–water partition coefficient (Wildman–Crippen LogP) is 4.19. The van der Waals surface area contributed by atoms with Crippen molar-refractivity contribution in [3.8, 4) is 0 Å². The molecule has 0 spiro atoms. The second-order valence-electron chi connectivity index (χ2n) is 3.93. The number of carbonyl (C=O) groups is 1. The molecule has 1 aromatic carbocycles. The minimum absolute atomic E-state index is 0.115. The van der Waals surface area contributed by atoms with Crippen LogP contribution in [0.1, 0.15) is 20.8 Å². The van der Waals surface area contributed by atoms with E-state index in [0.29, 0.717) is 10.6 Å². The molecule has 3 heteroatoms. The molecule has 0 saturated heterocycles. The van der Waals surface area contributed by atoms with E-state index in [1.165, 1.54) is 0 Å². The summed E-state index contributed by atoms with van der Waals surface area (Å²) >= 11 is 5.77. The molecule has 0 atom stereocenters. The third-order valence-corrected chi connectivity index (χ3v) is 2.37. The highest BCUT2D eigenvalue weighted by molar-refractivity contribution is 6.30. The summed E-state index contributed by atoms with van der Waals surface area (Å²) in [5, 5.41) is 3.47. The fraction of sp³-hybridized carbons (Fsp3) is 0.214. The number of allylic oxidation sites excluding steroid dienone is 2. The zero-order valence-corrected chi connectivity index (χ0v) is 11.0. The molecule has 0 radical (unpaired) electrons. The monoisotopic (exact) mass is 249 g/mol. The van der Waals surface area contributed by atoms with Crippen LogP contribution in [0.2, 0.25) is 5.02 Å². The first kappa shape index (κ1) is 13.5. The summed E-state index contributed by atoms with van der Waals surface area (Å²) in [7, 11) is 0. The van der Waals surface area contributed by atoms with E-state index in [4.69, 9.17) is 11.6 Å². The maximum atomic E-state index is 11.9. The molecule has 0 aromatic heterocycles. The van der Waals surface area contributed by atoms with Crippen molar-refractivity contribution in [1.29, 1.82) is 0 Å². The summed E-state index contributed by atoms with van der Waals surface area (Å²) in [5.74, 6) is -0.115. The smallest absolute Gasteiger partial charge is 0.255 e. The van der Waals surface area contributed by atoms with Gasteiger partial charge in [-0.15, -0.1) is 0 Å². The summed E-state index contributed by atoms with van der Waals surface area (Å²) in [6.07, 6.45) is 3.64. The number of hydrogen-bond donors (Lipinski definition) is 1. The molecule has 1 aromatic rings. The standard InChI is InChI=1S/C14H16ClNO/c1-4-11(9-10(2)3)14(17)16-13-7-5-12(15)6-8-13/h4-9H,1-3H3,(H,16,17)/b11-4+. The van der Waals surface area contributed by atoms with E-state index in [2.05, 4.69) is 5.32 Å². The Morgan fingerprint density at radius 2 is 1.82 bits per heavy atom. The molecule has 1 N–H and O–H groups in total. The maximum Gasteiger partial charge on any atom is 0.255 e. The van der Waals surface area contributed by atoms with Crippen LogP contribution in [0.4, 0.5) is 5.69 Å². The fourth-order valence-corrected chi connectivity index (χ4v) is 1.45. The van der Waals surface area contributed by atoms with Crippen molar-refractivity contribution in [3.63, 3.8) is 0 Å². The topological polar surface area (TPSA) is 29.1 Å². The van der Waals surface area contributed by atoms with E-state index >= 15 is 0 Å². The van der Waals surface area contributed by atoms with Crippen LogP contribution >= 0.6 is 11.6 Å². The van der Waals surface area contributed by atoms with Gasteiger partial charge in [0.05, 0.1) is 0 Å². The molecule has 0 bridgehead atoms.